The van der Waals surface area contributed by atoms with Crippen molar-refractivity contribution in [2.24, 2.45) is 11.8 Å². The van der Waals surface area contributed by atoms with Crippen molar-refractivity contribution in [3.63, 3.8) is 0 Å². The Labute approximate surface area is 140 Å². The molecule has 3 atom stereocenters. The molecule has 0 radical (unpaired) electrons. The minimum atomic E-state index is -0.806. The number of hydrogen-bond acceptors (Lipinski definition) is 4. The molecule has 124 valence electrons. The first-order valence-corrected chi connectivity index (χ1v) is 8.19. The third-order valence-electron chi connectivity index (χ3n) is 5.01. The molecule has 2 aliphatic rings. The molecule has 1 amide bonds. The third-order valence-corrected chi connectivity index (χ3v) is 5.01. The van der Waals surface area contributed by atoms with Crippen molar-refractivity contribution in [1.29, 1.82) is 0 Å². The van der Waals surface area contributed by atoms with Gasteiger partial charge in [-0.15, -0.1) is 0 Å². The van der Waals surface area contributed by atoms with Crippen molar-refractivity contribution in [2.45, 2.75) is 18.9 Å². The van der Waals surface area contributed by atoms with Crippen LogP contribution < -0.4 is 4.74 Å². The summed E-state index contributed by atoms with van der Waals surface area (Å²) in [6.45, 7) is 1.28. The van der Waals surface area contributed by atoms with Crippen LogP contribution in [0.25, 0.3) is 11.1 Å². The van der Waals surface area contributed by atoms with Crippen LogP contribution in [-0.4, -0.2) is 45.3 Å². The molecule has 1 N–H and O–H groups in total. The predicted octanol–water partition coefficient (Wildman–Crippen LogP) is 2.91. The van der Waals surface area contributed by atoms with Crippen LogP contribution in [0.1, 0.15) is 12.8 Å². The molecule has 1 aromatic carbocycles. The van der Waals surface area contributed by atoms with E-state index in [4.69, 9.17) is 9.84 Å². The molecular formula is C18H19N3O3. The standard InChI is InChI=1S/C18H19N3O3/c22-18(23)21-9-13-5-17(6-14(13)10-21)24-16-3-1-2-12(4-16)15-7-19-11-20-8-15/h1-4,7-8,11,13-14,17H,5-6,9-10H2,(H,22,23)/t13-,14+,17+. The maximum Gasteiger partial charge on any atom is 0.407 e. The van der Waals surface area contributed by atoms with E-state index in [1.54, 1.807) is 12.4 Å². The van der Waals surface area contributed by atoms with Crippen LogP contribution in [0.5, 0.6) is 5.75 Å². The molecule has 0 spiro atoms. The molecule has 0 unspecified atom stereocenters. The highest BCUT2D eigenvalue weighted by molar-refractivity contribution is 5.65. The zero-order valence-electron chi connectivity index (χ0n) is 13.2. The molecule has 1 aliphatic heterocycles. The highest BCUT2D eigenvalue weighted by Gasteiger charge is 2.43. The molecule has 1 saturated heterocycles. The maximum atomic E-state index is 11.1. The monoisotopic (exact) mass is 325 g/mol. The summed E-state index contributed by atoms with van der Waals surface area (Å²) < 4.78 is 6.16. The Morgan fingerprint density at radius 2 is 1.83 bits per heavy atom. The first-order valence-electron chi connectivity index (χ1n) is 8.19. The molecule has 0 bridgehead atoms. The second kappa shape index (κ2) is 6.11. The van der Waals surface area contributed by atoms with Crippen molar-refractivity contribution < 1.29 is 14.6 Å². The number of ether oxygens (including phenoxy) is 1. The van der Waals surface area contributed by atoms with Crippen LogP contribution in [0, 0.1) is 11.8 Å². The largest absolute Gasteiger partial charge is 0.490 e. The van der Waals surface area contributed by atoms with Crippen molar-refractivity contribution >= 4 is 6.09 Å². The highest BCUT2D eigenvalue weighted by atomic mass is 16.5. The third kappa shape index (κ3) is 2.91. The van der Waals surface area contributed by atoms with Crippen molar-refractivity contribution in [3.8, 4) is 16.9 Å². The Bertz CT molecular complexity index is 723. The maximum absolute atomic E-state index is 11.1. The van der Waals surface area contributed by atoms with Gasteiger partial charge in [0, 0.05) is 31.0 Å². The SMILES string of the molecule is O=C(O)N1C[C@H]2C[C@H](Oc3cccc(-c4cncnc4)c3)C[C@H]2C1. The fourth-order valence-corrected chi connectivity index (χ4v) is 3.89. The minimum Gasteiger partial charge on any atom is -0.490 e. The molecule has 1 saturated carbocycles. The lowest BCUT2D eigenvalue weighted by atomic mass is 10.0. The Hall–Kier alpha value is -2.63. The smallest absolute Gasteiger partial charge is 0.407 e. The Morgan fingerprint density at radius 3 is 2.50 bits per heavy atom. The number of amides is 1. The van der Waals surface area contributed by atoms with E-state index in [0.717, 1.165) is 29.7 Å². The number of aromatic nitrogens is 2. The molecule has 2 heterocycles. The first kappa shape index (κ1) is 14.9. The van der Waals surface area contributed by atoms with Crippen LogP contribution in [-0.2, 0) is 0 Å². The quantitative estimate of drug-likeness (QED) is 0.939. The molecule has 6 heteroatoms. The lowest BCUT2D eigenvalue weighted by Gasteiger charge is -2.18. The van der Waals surface area contributed by atoms with Gasteiger partial charge in [-0.2, -0.15) is 0 Å². The van der Waals surface area contributed by atoms with Gasteiger partial charge in [0.05, 0.1) is 6.10 Å². The van der Waals surface area contributed by atoms with E-state index in [1.807, 2.05) is 24.3 Å². The summed E-state index contributed by atoms with van der Waals surface area (Å²) in [5, 5.41) is 9.09. The lowest BCUT2D eigenvalue weighted by Crippen LogP contribution is -2.29. The second-order valence-electron chi connectivity index (χ2n) is 6.57. The fraction of sp³-hybridized carbons (Fsp3) is 0.389. The van der Waals surface area contributed by atoms with Gasteiger partial charge in [-0.1, -0.05) is 12.1 Å². The molecule has 4 rings (SSSR count). The summed E-state index contributed by atoms with van der Waals surface area (Å²) in [6, 6.07) is 7.96. The topological polar surface area (TPSA) is 75.5 Å². The Morgan fingerprint density at radius 1 is 1.12 bits per heavy atom. The number of likely N-dealkylation sites (tertiary alicyclic amines) is 1. The number of fused-ring (bicyclic) bond motifs is 1. The summed E-state index contributed by atoms with van der Waals surface area (Å²) in [6.07, 6.45) is 6.29. The number of carboxylic acid groups (broad SMARTS) is 1. The number of rotatable bonds is 3. The van der Waals surface area contributed by atoms with Crippen LogP contribution >= 0.6 is 0 Å². The van der Waals surface area contributed by atoms with E-state index in [2.05, 4.69) is 9.97 Å². The van der Waals surface area contributed by atoms with E-state index in [-0.39, 0.29) is 6.10 Å². The van der Waals surface area contributed by atoms with Gasteiger partial charge in [0.15, 0.2) is 0 Å². The Kier molecular flexibility index (Phi) is 3.80. The summed E-state index contributed by atoms with van der Waals surface area (Å²) in [7, 11) is 0. The summed E-state index contributed by atoms with van der Waals surface area (Å²) in [5.74, 6) is 1.70. The second-order valence-corrected chi connectivity index (χ2v) is 6.57. The van der Waals surface area contributed by atoms with Crippen molar-refractivity contribution in [1.82, 2.24) is 14.9 Å². The number of hydrogen-bond donors (Lipinski definition) is 1. The molecule has 2 aromatic rings. The molecule has 1 aromatic heterocycles. The van der Waals surface area contributed by atoms with Gasteiger partial charge in [-0.25, -0.2) is 14.8 Å². The average Bonchev–Trinajstić information content (AvgIpc) is 3.14. The number of nitrogens with zero attached hydrogens (tertiary/aromatic N) is 3. The number of benzene rings is 1. The zero-order chi connectivity index (χ0) is 16.5. The molecule has 1 aliphatic carbocycles. The van der Waals surface area contributed by atoms with E-state index in [0.29, 0.717) is 24.9 Å². The van der Waals surface area contributed by atoms with E-state index >= 15 is 0 Å². The fourth-order valence-electron chi connectivity index (χ4n) is 3.89. The molecular weight excluding hydrogens is 306 g/mol. The summed E-state index contributed by atoms with van der Waals surface area (Å²) >= 11 is 0. The predicted molar refractivity (Wildman–Crippen MR) is 87.7 cm³/mol. The van der Waals surface area contributed by atoms with E-state index in [1.165, 1.54) is 11.2 Å². The van der Waals surface area contributed by atoms with Crippen molar-refractivity contribution in [2.75, 3.05) is 13.1 Å². The van der Waals surface area contributed by atoms with Crippen LogP contribution in [0.4, 0.5) is 4.79 Å². The van der Waals surface area contributed by atoms with Gasteiger partial charge in [0.1, 0.15) is 12.1 Å². The van der Waals surface area contributed by atoms with Crippen molar-refractivity contribution in [3.05, 3.63) is 43.0 Å². The van der Waals surface area contributed by atoms with Crippen LogP contribution in [0.15, 0.2) is 43.0 Å². The van der Waals surface area contributed by atoms with Crippen LogP contribution in [0.3, 0.4) is 0 Å². The van der Waals surface area contributed by atoms with Gasteiger partial charge < -0.3 is 14.7 Å². The van der Waals surface area contributed by atoms with E-state index < -0.39 is 6.09 Å². The molecule has 2 fully saturated rings. The summed E-state index contributed by atoms with van der Waals surface area (Å²) in [5.41, 5.74) is 1.99. The van der Waals surface area contributed by atoms with E-state index in [9.17, 15) is 4.79 Å². The van der Waals surface area contributed by atoms with Gasteiger partial charge in [0.2, 0.25) is 0 Å². The highest BCUT2D eigenvalue weighted by Crippen LogP contribution is 2.40. The first-order chi connectivity index (χ1) is 11.7. The minimum absolute atomic E-state index is 0.165. The normalized spacial score (nSPS) is 25.5. The zero-order valence-corrected chi connectivity index (χ0v) is 13.2. The van der Waals surface area contributed by atoms with Gasteiger partial charge in [-0.3, -0.25) is 0 Å². The van der Waals surface area contributed by atoms with Crippen LogP contribution in [0.2, 0.25) is 0 Å². The van der Waals surface area contributed by atoms with Gasteiger partial charge in [-0.05, 0) is 42.4 Å². The molecule has 6 nitrogen and oxygen atoms in total. The van der Waals surface area contributed by atoms with Gasteiger partial charge in [0.25, 0.3) is 0 Å². The van der Waals surface area contributed by atoms with Gasteiger partial charge >= 0.3 is 6.09 Å². The number of carbonyl (C=O) groups is 1. The summed E-state index contributed by atoms with van der Waals surface area (Å²) in [4.78, 5) is 20.7. The Balaban J connectivity index is 1.42. The average molecular weight is 325 g/mol. The lowest BCUT2D eigenvalue weighted by molar-refractivity contribution is 0.144. The molecule has 24 heavy (non-hydrogen) atoms.